The van der Waals surface area contributed by atoms with E-state index in [4.69, 9.17) is 0 Å². The largest absolute Gasteiger partial charge is 0.410 e. The summed E-state index contributed by atoms with van der Waals surface area (Å²) in [6.45, 7) is 0. The van der Waals surface area contributed by atoms with E-state index in [0.29, 0.717) is 11.3 Å². The predicted molar refractivity (Wildman–Crippen MR) is 116 cm³/mol. The predicted octanol–water partition coefficient (Wildman–Crippen LogP) is 5.39. The monoisotopic (exact) mass is 381 g/mol. The molecule has 4 rings (SSSR count). The first-order chi connectivity index (χ1) is 14.3. The maximum Gasteiger partial charge on any atom is 0.180 e. The lowest BCUT2D eigenvalue weighted by Crippen LogP contribution is -2.29. The summed E-state index contributed by atoms with van der Waals surface area (Å²) in [5, 5.41) is 24.6. The minimum Gasteiger partial charge on any atom is -0.410 e. The molecule has 29 heavy (non-hydrogen) atoms. The van der Waals surface area contributed by atoms with Crippen molar-refractivity contribution >= 4 is 28.0 Å². The van der Waals surface area contributed by atoms with Crippen LogP contribution in [0.25, 0.3) is 21.9 Å². The minimum atomic E-state index is 0.0521. The number of aliphatic imine (C=N–C) groups is 1. The molecule has 0 unspecified atom stereocenters. The SMILES string of the molecule is O/N=C(/C(=Nc1cccc2ccccc12)NO)c1ccc(-c2ccccc2)cc1. The van der Waals surface area contributed by atoms with Gasteiger partial charge in [-0.25, -0.2) is 4.99 Å². The lowest BCUT2D eigenvalue weighted by atomic mass is 10.0. The number of hydrogen-bond acceptors (Lipinski definition) is 4. The topological polar surface area (TPSA) is 77.2 Å². The standard InChI is InChI=1S/C24H19N3O2/c28-26-23(20-15-13-18(14-16-20)17-7-2-1-3-8-17)24(27-29)25-22-12-6-10-19-9-4-5-11-21(19)22/h1-16,28-29H,(H,25,27)/b26-23+. The summed E-state index contributed by atoms with van der Waals surface area (Å²) in [5.74, 6) is 0.0521. The summed E-state index contributed by atoms with van der Waals surface area (Å²) < 4.78 is 0. The third-order valence-electron chi connectivity index (χ3n) is 4.69. The van der Waals surface area contributed by atoms with Gasteiger partial charge < -0.3 is 5.21 Å². The second-order valence-electron chi connectivity index (χ2n) is 6.46. The summed E-state index contributed by atoms with van der Waals surface area (Å²) in [6, 6.07) is 31.0. The van der Waals surface area contributed by atoms with Gasteiger partial charge in [0, 0.05) is 10.9 Å². The van der Waals surface area contributed by atoms with Crippen molar-refractivity contribution in [1.82, 2.24) is 5.48 Å². The van der Waals surface area contributed by atoms with Crippen molar-refractivity contribution < 1.29 is 10.4 Å². The molecule has 0 aliphatic carbocycles. The van der Waals surface area contributed by atoms with Crippen LogP contribution in [0.2, 0.25) is 0 Å². The number of nitrogens with one attached hydrogen (secondary N) is 1. The first-order valence-electron chi connectivity index (χ1n) is 9.15. The van der Waals surface area contributed by atoms with Gasteiger partial charge >= 0.3 is 0 Å². The number of amidine groups is 1. The fourth-order valence-electron chi connectivity index (χ4n) is 3.25. The van der Waals surface area contributed by atoms with Crippen molar-refractivity contribution in [2.75, 3.05) is 0 Å². The van der Waals surface area contributed by atoms with E-state index in [1.165, 1.54) is 0 Å². The van der Waals surface area contributed by atoms with Crippen LogP contribution in [0.3, 0.4) is 0 Å². The molecule has 0 heterocycles. The Bertz CT molecular complexity index is 1180. The van der Waals surface area contributed by atoms with Gasteiger partial charge in [0.2, 0.25) is 0 Å². The van der Waals surface area contributed by atoms with Crippen LogP contribution < -0.4 is 5.48 Å². The number of rotatable bonds is 4. The summed E-state index contributed by atoms with van der Waals surface area (Å²) in [5.41, 5.74) is 5.61. The van der Waals surface area contributed by atoms with Crippen molar-refractivity contribution in [3.63, 3.8) is 0 Å². The van der Waals surface area contributed by atoms with Gasteiger partial charge in [0.25, 0.3) is 0 Å². The highest BCUT2D eigenvalue weighted by atomic mass is 16.5. The van der Waals surface area contributed by atoms with Crippen LogP contribution in [0.15, 0.2) is 107 Å². The van der Waals surface area contributed by atoms with Crippen LogP contribution in [0.1, 0.15) is 5.56 Å². The van der Waals surface area contributed by atoms with Gasteiger partial charge in [-0.2, -0.15) is 0 Å². The van der Waals surface area contributed by atoms with Gasteiger partial charge in [-0.3, -0.25) is 10.7 Å². The molecule has 0 saturated carbocycles. The van der Waals surface area contributed by atoms with E-state index in [-0.39, 0.29) is 11.5 Å². The van der Waals surface area contributed by atoms with Gasteiger partial charge in [0.15, 0.2) is 11.5 Å². The highest BCUT2D eigenvalue weighted by Crippen LogP contribution is 2.26. The average Bonchev–Trinajstić information content (AvgIpc) is 2.80. The minimum absolute atomic E-state index is 0.0521. The van der Waals surface area contributed by atoms with E-state index in [9.17, 15) is 10.4 Å². The molecule has 0 amide bonds. The molecule has 0 fully saturated rings. The van der Waals surface area contributed by atoms with Crippen LogP contribution in [0.5, 0.6) is 0 Å². The van der Waals surface area contributed by atoms with Crippen LogP contribution in [-0.2, 0) is 0 Å². The molecule has 0 aromatic heterocycles. The van der Waals surface area contributed by atoms with E-state index in [2.05, 4.69) is 15.6 Å². The molecule has 3 N–H and O–H groups in total. The second-order valence-corrected chi connectivity index (χ2v) is 6.46. The fraction of sp³-hybridized carbons (Fsp3) is 0. The maximum atomic E-state index is 9.68. The van der Waals surface area contributed by atoms with Crippen LogP contribution in [0, 0.1) is 0 Å². The first kappa shape index (κ1) is 18.4. The molecule has 0 aliphatic rings. The number of oxime groups is 1. The summed E-state index contributed by atoms with van der Waals surface area (Å²) >= 11 is 0. The molecule has 142 valence electrons. The Labute approximate surface area is 168 Å². The molecule has 4 aromatic rings. The smallest absolute Gasteiger partial charge is 0.180 e. The average molecular weight is 381 g/mol. The van der Waals surface area contributed by atoms with Gasteiger partial charge in [-0.15, -0.1) is 0 Å². The van der Waals surface area contributed by atoms with Gasteiger partial charge in [-0.05, 0) is 22.6 Å². The van der Waals surface area contributed by atoms with E-state index < -0.39 is 0 Å². The maximum absolute atomic E-state index is 9.68. The van der Waals surface area contributed by atoms with Crippen molar-refractivity contribution in [2.24, 2.45) is 10.1 Å². The van der Waals surface area contributed by atoms with Gasteiger partial charge in [0.05, 0.1) is 5.69 Å². The molecule has 5 nitrogen and oxygen atoms in total. The first-order valence-corrected chi connectivity index (χ1v) is 9.15. The molecular weight excluding hydrogens is 362 g/mol. The third kappa shape index (κ3) is 3.85. The fourth-order valence-corrected chi connectivity index (χ4v) is 3.25. The number of nitrogens with zero attached hydrogens (tertiary/aromatic N) is 2. The number of fused-ring (bicyclic) bond motifs is 1. The Morgan fingerprint density at radius 2 is 1.34 bits per heavy atom. The lowest BCUT2D eigenvalue weighted by Gasteiger charge is -2.10. The molecular formula is C24H19N3O2. The summed E-state index contributed by atoms with van der Waals surface area (Å²) in [4.78, 5) is 4.50. The molecule has 0 atom stereocenters. The normalized spacial score (nSPS) is 12.2. The molecule has 0 saturated heterocycles. The highest BCUT2D eigenvalue weighted by Gasteiger charge is 2.14. The molecule has 0 aliphatic heterocycles. The molecule has 0 radical (unpaired) electrons. The third-order valence-corrected chi connectivity index (χ3v) is 4.69. The zero-order valence-electron chi connectivity index (χ0n) is 15.5. The van der Waals surface area contributed by atoms with Crippen LogP contribution in [0.4, 0.5) is 5.69 Å². The summed E-state index contributed by atoms with van der Waals surface area (Å²) in [6.07, 6.45) is 0. The Kier molecular flexibility index (Phi) is 5.31. The van der Waals surface area contributed by atoms with Gasteiger partial charge in [-0.1, -0.05) is 96.2 Å². The Hall–Kier alpha value is -3.96. The number of hydrogen-bond donors (Lipinski definition) is 3. The van der Waals surface area contributed by atoms with E-state index in [1.54, 1.807) is 0 Å². The molecule has 0 bridgehead atoms. The van der Waals surface area contributed by atoms with Crippen molar-refractivity contribution in [3.05, 3.63) is 103 Å². The molecule has 0 spiro atoms. The van der Waals surface area contributed by atoms with Crippen molar-refractivity contribution in [2.45, 2.75) is 0 Å². The van der Waals surface area contributed by atoms with E-state index in [0.717, 1.165) is 21.9 Å². The van der Waals surface area contributed by atoms with E-state index in [1.807, 2.05) is 97.1 Å². The van der Waals surface area contributed by atoms with Crippen LogP contribution in [-0.4, -0.2) is 22.0 Å². The van der Waals surface area contributed by atoms with Crippen molar-refractivity contribution in [1.29, 1.82) is 0 Å². The number of benzene rings is 4. The number of hydroxylamine groups is 1. The lowest BCUT2D eigenvalue weighted by molar-refractivity contribution is 0.236. The Balaban J connectivity index is 1.71. The highest BCUT2D eigenvalue weighted by molar-refractivity contribution is 6.47. The zero-order valence-corrected chi connectivity index (χ0v) is 15.5. The molecule has 5 heteroatoms. The molecule has 4 aromatic carbocycles. The summed E-state index contributed by atoms with van der Waals surface area (Å²) in [7, 11) is 0. The zero-order chi connectivity index (χ0) is 20.1. The second kappa shape index (κ2) is 8.37. The quantitative estimate of drug-likeness (QED) is 0.192. The Morgan fingerprint density at radius 1 is 0.690 bits per heavy atom. The van der Waals surface area contributed by atoms with E-state index >= 15 is 0 Å². The Morgan fingerprint density at radius 3 is 2.07 bits per heavy atom. The van der Waals surface area contributed by atoms with Crippen LogP contribution >= 0.6 is 0 Å². The van der Waals surface area contributed by atoms with Crippen molar-refractivity contribution in [3.8, 4) is 11.1 Å². The van der Waals surface area contributed by atoms with Gasteiger partial charge in [0.1, 0.15) is 0 Å².